The lowest BCUT2D eigenvalue weighted by Gasteiger charge is -2.14. The lowest BCUT2D eigenvalue weighted by Crippen LogP contribution is -2.40. The Bertz CT molecular complexity index is 823. The third-order valence-electron chi connectivity index (χ3n) is 3.90. The lowest BCUT2D eigenvalue weighted by molar-refractivity contribution is -0.130. The molecule has 0 saturated carbocycles. The van der Waals surface area contributed by atoms with Crippen LogP contribution in [0.4, 0.5) is 4.79 Å². The number of hydrogen-bond acceptors (Lipinski definition) is 4. The SMILES string of the molecule is CN1CC(=O)N(CC(=O)NCc2cccc(Oc3ccccc3)c2)C1=O. The molecule has 0 aromatic heterocycles. The van der Waals surface area contributed by atoms with Crippen LogP contribution in [0.2, 0.25) is 0 Å². The van der Waals surface area contributed by atoms with E-state index in [1.807, 2.05) is 54.6 Å². The van der Waals surface area contributed by atoms with E-state index in [-0.39, 0.29) is 25.5 Å². The fourth-order valence-corrected chi connectivity index (χ4v) is 2.57. The molecule has 2 aromatic carbocycles. The quantitative estimate of drug-likeness (QED) is 0.806. The first kappa shape index (κ1) is 17.5. The van der Waals surface area contributed by atoms with Crippen molar-refractivity contribution >= 4 is 17.8 Å². The number of rotatable bonds is 6. The molecule has 7 heteroatoms. The van der Waals surface area contributed by atoms with Crippen LogP contribution in [0.25, 0.3) is 0 Å². The minimum Gasteiger partial charge on any atom is -0.457 e. The third kappa shape index (κ3) is 4.18. The topological polar surface area (TPSA) is 79.0 Å². The number of amides is 4. The van der Waals surface area contributed by atoms with Crippen molar-refractivity contribution in [1.82, 2.24) is 15.1 Å². The Balaban J connectivity index is 1.54. The highest BCUT2D eigenvalue weighted by atomic mass is 16.5. The molecule has 0 radical (unpaired) electrons. The number of likely N-dealkylation sites (N-methyl/N-ethyl adjacent to an activating group) is 1. The molecule has 134 valence electrons. The fourth-order valence-electron chi connectivity index (χ4n) is 2.57. The smallest absolute Gasteiger partial charge is 0.327 e. The van der Waals surface area contributed by atoms with E-state index in [4.69, 9.17) is 4.74 Å². The van der Waals surface area contributed by atoms with Gasteiger partial charge < -0.3 is 15.0 Å². The van der Waals surface area contributed by atoms with Crippen LogP contribution in [-0.2, 0) is 16.1 Å². The fraction of sp³-hybridized carbons (Fsp3) is 0.211. The summed E-state index contributed by atoms with van der Waals surface area (Å²) in [5, 5.41) is 2.71. The largest absolute Gasteiger partial charge is 0.457 e. The summed E-state index contributed by atoms with van der Waals surface area (Å²) in [5.41, 5.74) is 0.850. The first-order valence-corrected chi connectivity index (χ1v) is 8.17. The summed E-state index contributed by atoms with van der Waals surface area (Å²) in [5.74, 6) is 0.626. The van der Waals surface area contributed by atoms with E-state index in [2.05, 4.69) is 5.32 Å². The van der Waals surface area contributed by atoms with Crippen molar-refractivity contribution in [2.75, 3.05) is 20.1 Å². The number of para-hydroxylation sites is 1. The Morgan fingerprint density at radius 3 is 2.50 bits per heavy atom. The minimum absolute atomic E-state index is 0.00494. The Labute approximate surface area is 151 Å². The standard InChI is InChI=1S/C19H19N3O4/c1-21-13-18(24)22(19(21)25)12-17(23)20-11-14-6-5-9-16(10-14)26-15-7-3-2-4-8-15/h2-10H,11-13H2,1H3,(H,20,23). The normalized spacial score (nSPS) is 13.9. The van der Waals surface area contributed by atoms with E-state index in [1.165, 1.54) is 11.9 Å². The van der Waals surface area contributed by atoms with Crippen LogP contribution < -0.4 is 10.1 Å². The molecule has 1 saturated heterocycles. The maximum Gasteiger partial charge on any atom is 0.327 e. The number of hydrogen-bond donors (Lipinski definition) is 1. The predicted octanol–water partition coefficient (Wildman–Crippen LogP) is 1.99. The van der Waals surface area contributed by atoms with Crippen molar-refractivity contribution < 1.29 is 19.1 Å². The van der Waals surface area contributed by atoms with Gasteiger partial charge in [-0.05, 0) is 29.8 Å². The molecular formula is C19H19N3O4. The van der Waals surface area contributed by atoms with E-state index >= 15 is 0 Å². The summed E-state index contributed by atoms with van der Waals surface area (Å²) >= 11 is 0. The maximum atomic E-state index is 12.0. The molecule has 2 aromatic rings. The number of carbonyl (C=O) groups is 3. The Hall–Kier alpha value is -3.35. The number of benzene rings is 2. The van der Waals surface area contributed by atoms with Crippen LogP contribution in [-0.4, -0.2) is 47.8 Å². The zero-order chi connectivity index (χ0) is 18.5. The molecule has 1 N–H and O–H groups in total. The molecule has 0 aliphatic carbocycles. The van der Waals surface area contributed by atoms with Gasteiger partial charge in [0, 0.05) is 13.6 Å². The van der Waals surface area contributed by atoms with Crippen LogP contribution in [0.5, 0.6) is 11.5 Å². The summed E-state index contributed by atoms with van der Waals surface area (Å²) < 4.78 is 5.76. The third-order valence-corrected chi connectivity index (χ3v) is 3.90. The molecule has 26 heavy (non-hydrogen) atoms. The number of nitrogens with one attached hydrogen (secondary N) is 1. The van der Waals surface area contributed by atoms with Gasteiger partial charge >= 0.3 is 6.03 Å². The molecule has 1 aliphatic heterocycles. The summed E-state index contributed by atoms with van der Waals surface area (Å²) in [7, 11) is 1.52. The van der Waals surface area contributed by atoms with Gasteiger partial charge in [-0.15, -0.1) is 0 Å². The Kier molecular flexibility index (Phi) is 5.17. The summed E-state index contributed by atoms with van der Waals surface area (Å²) in [6, 6.07) is 16.3. The Morgan fingerprint density at radius 2 is 1.81 bits per heavy atom. The zero-order valence-corrected chi connectivity index (χ0v) is 14.3. The van der Waals surface area contributed by atoms with Gasteiger partial charge in [0.15, 0.2) is 0 Å². The molecule has 1 heterocycles. The van der Waals surface area contributed by atoms with Gasteiger partial charge in [0.2, 0.25) is 5.91 Å². The van der Waals surface area contributed by atoms with E-state index in [0.717, 1.165) is 16.2 Å². The van der Waals surface area contributed by atoms with Crippen molar-refractivity contribution in [3.63, 3.8) is 0 Å². The molecule has 0 atom stereocenters. The van der Waals surface area contributed by atoms with Gasteiger partial charge in [0.25, 0.3) is 5.91 Å². The molecule has 1 fully saturated rings. The number of imide groups is 1. The van der Waals surface area contributed by atoms with Crippen molar-refractivity contribution in [3.05, 3.63) is 60.2 Å². The van der Waals surface area contributed by atoms with Gasteiger partial charge in [0.1, 0.15) is 24.6 Å². The summed E-state index contributed by atoms with van der Waals surface area (Å²) in [6.45, 7) is 0.00405. The predicted molar refractivity (Wildman–Crippen MR) is 94.5 cm³/mol. The maximum absolute atomic E-state index is 12.0. The van der Waals surface area contributed by atoms with Crippen molar-refractivity contribution in [1.29, 1.82) is 0 Å². The highest BCUT2D eigenvalue weighted by Gasteiger charge is 2.34. The van der Waals surface area contributed by atoms with E-state index in [0.29, 0.717) is 5.75 Å². The zero-order valence-electron chi connectivity index (χ0n) is 14.3. The van der Waals surface area contributed by atoms with Crippen LogP contribution in [0.15, 0.2) is 54.6 Å². The molecule has 4 amide bonds. The second-order valence-electron chi connectivity index (χ2n) is 5.96. The summed E-state index contributed by atoms with van der Waals surface area (Å²) in [6.07, 6.45) is 0. The minimum atomic E-state index is -0.455. The van der Waals surface area contributed by atoms with Crippen LogP contribution >= 0.6 is 0 Å². The average molecular weight is 353 g/mol. The van der Waals surface area contributed by atoms with Crippen LogP contribution in [0.1, 0.15) is 5.56 Å². The van der Waals surface area contributed by atoms with E-state index < -0.39 is 11.9 Å². The number of nitrogens with zero attached hydrogens (tertiary/aromatic N) is 2. The van der Waals surface area contributed by atoms with Gasteiger partial charge in [-0.1, -0.05) is 30.3 Å². The van der Waals surface area contributed by atoms with Crippen molar-refractivity contribution in [2.45, 2.75) is 6.54 Å². The summed E-state index contributed by atoms with van der Waals surface area (Å²) in [4.78, 5) is 37.7. The first-order valence-electron chi connectivity index (χ1n) is 8.17. The Morgan fingerprint density at radius 1 is 1.08 bits per heavy atom. The lowest BCUT2D eigenvalue weighted by atomic mass is 10.2. The monoisotopic (exact) mass is 353 g/mol. The second-order valence-corrected chi connectivity index (χ2v) is 5.96. The van der Waals surface area contributed by atoms with Gasteiger partial charge in [-0.2, -0.15) is 0 Å². The molecule has 3 rings (SSSR count). The number of ether oxygens (including phenoxy) is 1. The van der Waals surface area contributed by atoms with Gasteiger partial charge in [0.05, 0.1) is 0 Å². The highest BCUT2D eigenvalue weighted by Crippen LogP contribution is 2.21. The van der Waals surface area contributed by atoms with Crippen LogP contribution in [0.3, 0.4) is 0 Å². The molecule has 0 unspecified atom stereocenters. The molecule has 0 bridgehead atoms. The van der Waals surface area contributed by atoms with Crippen molar-refractivity contribution in [3.8, 4) is 11.5 Å². The highest BCUT2D eigenvalue weighted by molar-refractivity contribution is 6.04. The number of carbonyl (C=O) groups excluding carboxylic acids is 3. The molecule has 7 nitrogen and oxygen atoms in total. The molecular weight excluding hydrogens is 334 g/mol. The first-order chi connectivity index (χ1) is 12.5. The average Bonchev–Trinajstić information content (AvgIpc) is 2.87. The molecule has 0 spiro atoms. The van der Waals surface area contributed by atoms with E-state index in [9.17, 15) is 14.4 Å². The van der Waals surface area contributed by atoms with E-state index in [1.54, 1.807) is 0 Å². The number of urea groups is 1. The van der Waals surface area contributed by atoms with Crippen LogP contribution in [0, 0.1) is 0 Å². The molecule has 1 aliphatic rings. The second kappa shape index (κ2) is 7.69. The van der Waals surface area contributed by atoms with Crippen molar-refractivity contribution in [2.24, 2.45) is 0 Å². The van der Waals surface area contributed by atoms with Gasteiger partial charge in [-0.25, -0.2) is 4.79 Å². The van der Waals surface area contributed by atoms with Gasteiger partial charge in [-0.3, -0.25) is 14.5 Å².